The Labute approximate surface area is 127 Å². The van der Waals surface area contributed by atoms with Crippen LogP contribution in [-0.4, -0.2) is 54.2 Å². The van der Waals surface area contributed by atoms with E-state index < -0.39 is 17.9 Å². The van der Waals surface area contributed by atoms with Crippen molar-refractivity contribution in [2.75, 3.05) is 5.75 Å². The molecular weight excluding hydrogens is 292 g/mol. The van der Waals surface area contributed by atoms with Gasteiger partial charge in [0.25, 0.3) is 5.91 Å². The van der Waals surface area contributed by atoms with Crippen molar-refractivity contribution in [1.29, 1.82) is 0 Å². The molecule has 0 bridgehead atoms. The number of carboxylic acid groups (broad SMARTS) is 1. The maximum Gasteiger partial charge on any atom is 0.327 e. The highest BCUT2D eigenvalue weighted by Gasteiger charge is 2.42. The molecule has 1 saturated heterocycles. The van der Waals surface area contributed by atoms with Crippen LogP contribution in [0.15, 0.2) is 0 Å². The van der Waals surface area contributed by atoms with Gasteiger partial charge < -0.3 is 10.0 Å². The molecule has 116 valence electrons. The Balaban J connectivity index is 2.28. The third-order valence-corrected chi connectivity index (χ3v) is 4.80. The molecule has 1 fully saturated rings. The molecule has 1 aliphatic rings. The lowest BCUT2D eigenvalue weighted by Crippen LogP contribution is -2.45. The summed E-state index contributed by atoms with van der Waals surface area (Å²) < 4.78 is 0. The van der Waals surface area contributed by atoms with Crippen LogP contribution in [0, 0.1) is 0 Å². The van der Waals surface area contributed by atoms with Crippen molar-refractivity contribution in [2.24, 2.45) is 0 Å². The van der Waals surface area contributed by atoms with E-state index in [0.29, 0.717) is 18.0 Å². The highest BCUT2D eigenvalue weighted by molar-refractivity contribution is 8.00. The van der Waals surface area contributed by atoms with Crippen molar-refractivity contribution in [1.82, 2.24) is 20.1 Å². The van der Waals surface area contributed by atoms with E-state index in [4.69, 9.17) is 0 Å². The van der Waals surface area contributed by atoms with E-state index in [1.807, 2.05) is 27.7 Å². The first-order valence-corrected chi connectivity index (χ1v) is 7.90. The van der Waals surface area contributed by atoms with Gasteiger partial charge in [-0.15, -0.1) is 16.9 Å². The number of hydrogen-bond acceptors (Lipinski definition) is 5. The number of aliphatic carboxylic acids is 1. The minimum absolute atomic E-state index is 0.0344. The van der Waals surface area contributed by atoms with Gasteiger partial charge in [-0.3, -0.25) is 9.89 Å². The third kappa shape index (κ3) is 3.04. The highest BCUT2D eigenvalue weighted by Crippen LogP contribution is 2.32. The van der Waals surface area contributed by atoms with Crippen LogP contribution in [0.25, 0.3) is 0 Å². The minimum Gasteiger partial charge on any atom is -0.480 e. The predicted octanol–water partition coefficient (Wildman–Crippen LogP) is 1.48. The summed E-state index contributed by atoms with van der Waals surface area (Å²) in [7, 11) is 0. The molecule has 2 atom stereocenters. The summed E-state index contributed by atoms with van der Waals surface area (Å²) in [6, 6.07) is -0.816. The number of carboxylic acids is 1. The van der Waals surface area contributed by atoms with Gasteiger partial charge in [-0.1, -0.05) is 27.7 Å². The Bertz CT molecular complexity index is 552. The molecule has 8 heteroatoms. The van der Waals surface area contributed by atoms with Crippen molar-refractivity contribution in [3.63, 3.8) is 0 Å². The minimum atomic E-state index is -0.988. The lowest BCUT2D eigenvalue weighted by Gasteiger charge is -2.25. The Morgan fingerprint density at radius 3 is 2.62 bits per heavy atom. The predicted molar refractivity (Wildman–Crippen MR) is 79.2 cm³/mol. The Kier molecular flexibility index (Phi) is 4.27. The molecule has 0 aliphatic carbocycles. The molecule has 21 heavy (non-hydrogen) atoms. The molecule has 2 heterocycles. The summed E-state index contributed by atoms with van der Waals surface area (Å²) >= 11 is 1.48. The van der Waals surface area contributed by atoms with Crippen LogP contribution in [0.5, 0.6) is 0 Å². The number of rotatable bonds is 3. The maximum absolute atomic E-state index is 12.6. The van der Waals surface area contributed by atoms with Gasteiger partial charge in [0.05, 0.1) is 5.37 Å². The van der Waals surface area contributed by atoms with E-state index in [0.717, 1.165) is 0 Å². The molecule has 0 spiro atoms. The smallest absolute Gasteiger partial charge is 0.327 e. The molecule has 7 nitrogen and oxygen atoms in total. The second kappa shape index (κ2) is 5.67. The number of aromatic nitrogens is 3. The van der Waals surface area contributed by atoms with Crippen molar-refractivity contribution < 1.29 is 14.7 Å². The van der Waals surface area contributed by atoms with Gasteiger partial charge in [-0.2, -0.15) is 0 Å². The lowest BCUT2D eigenvalue weighted by molar-refractivity contribution is -0.141. The van der Waals surface area contributed by atoms with Crippen LogP contribution >= 0.6 is 11.8 Å². The van der Waals surface area contributed by atoms with E-state index in [9.17, 15) is 14.7 Å². The van der Waals surface area contributed by atoms with E-state index in [1.165, 1.54) is 16.7 Å². The summed E-state index contributed by atoms with van der Waals surface area (Å²) in [6.45, 7) is 7.81. The standard InChI is InChI=1S/C13H20N4O3S/c1-5-8-17(7(6-21-8)11(19)20)10(18)9-14-12(16-15-9)13(2,3)4/h7-8H,5-6H2,1-4H3,(H,19,20)(H,14,15,16). The Morgan fingerprint density at radius 2 is 2.14 bits per heavy atom. The largest absolute Gasteiger partial charge is 0.480 e. The molecule has 1 aromatic heterocycles. The number of carbonyl (C=O) groups excluding carboxylic acids is 1. The average molecular weight is 312 g/mol. The molecular formula is C13H20N4O3S. The second-order valence-corrected chi connectivity index (χ2v) is 7.23. The van der Waals surface area contributed by atoms with Gasteiger partial charge in [0.15, 0.2) is 0 Å². The Morgan fingerprint density at radius 1 is 1.48 bits per heavy atom. The SMILES string of the molecule is CCC1SCC(C(=O)O)N1C(=O)c1n[nH]c(C(C)(C)C)n1. The quantitative estimate of drug-likeness (QED) is 0.877. The zero-order valence-electron chi connectivity index (χ0n) is 12.6. The van der Waals surface area contributed by atoms with Gasteiger partial charge in [0, 0.05) is 11.2 Å². The number of H-pyrrole nitrogens is 1. The van der Waals surface area contributed by atoms with E-state index in [2.05, 4.69) is 15.2 Å². The normalized spacial score (nSPS) is 22.6. The fourth-order valence-electron chi connectivity index (χ4n) is 2.15. The summed E-state index contributed by atoms with van der Waals surface area (Å²) in [5.41, 5.74) is -0.248. The molecule has 2 rings (SSSR count). The van der Waals surface area contributed by atoms with Gasteiger partial charge in [-0.05, 0) is 6.42 Å². The topological polar surface area (TPSA) is 99.2 Å². The molecule has 1 aliphatic heterocycles. The average Bonchev–Trinajstić information content (AvgIpc) is 3.03. The number of aromatic amines is 1. The van der Waals surface area contributed by atoms with E-state index >= 15 is 0 Å². The molecule has 2 N–H and O–H groups in total. The molecule has 0 saturated carbocycles. The summed E-state index contributed by atoms with van der Waals surface area (Å²) in [6.07, 6.45) is 0.691. The van der Waals surface area contributed by atoms with E-state index in [1.54, 1.807) is 0 Å². The Hall–Kier alpha value is -1.57. The molecule has 0 radical (unpaired) electrons. The first kappa shape index (κ1) is 15.8. The summed E-state index contributed by atoms with van der Waals surface area (Å²) in [4.78, 5) is 29.5. The van der Waals surface area contributed by atoms with Crippen molar-refractivity contribution >= 4 is 23.6 Å². The zero-order valence-corrected chi connectivity index (χ0v) is 13.4. The zero-order chi connectivity index (χ0) is 15.8. The third-order valence-electron chi connectivity index (χ3n) is 3.35. The molecule has 0 aromatic carbocycles. The molecule has 1 amide bonds. The number of hydrogen-bond donors (Lipinski definition) is 2. The number of carbonyl (C=O) groups is 2. The summed E-state index contributed by atoms with van der Waals surface area (Å²) in [5, 5.41) is 15.9. The van der Waals surface area contributed by atoms with Crippen molar-refractivity contribution in [3.05, 3.63) is 11.6 Å². The highest BCUT2D eigenvalue weighted by atomic mass is 32.2. The maximum atomic E-state index is 12.6. The number of nitrogens with one attached hydrogen (secondary N) is 1. The fourth-order valence-corrected chi connectivity index (χ4v) is 3.50. The fraction of sp³-hybridized carbons (Fsp3) is 0.692. The van der Waals surface area contributed by atoms with Crippen LogP contribution in [0.1, 0.15) is 50.6 Å². The van der Waals surface area contributed by atoms with Crippen LogP contribution < -0.4 is 0 Å². The van der Waals surface area contributed by atoms with Crippen molar-refractivity contribution in [2.45, 2.75) is 50.9 Å². The van der Waals surface area contributed by atoms with Crippen LogP contribution in [0.4, 0.5) is 0 Å². The molecule has 2 unspecified atom stereocenters. The van der Waals surface area contributed by atoms with Gasteiger partial charge >= 0.3 is 5.97 Å². The summed E-state index contributed by atoms with van der Waals surface area (Å²) in [5.74, 6) is -0.370. The van der Waals surface area contributed by atoms with Crippen LogP contribution in [0.2, 0.25) is 0 Å². The van der Waals surface area contributed by atoms with Crippen molar-refractivity contribution in [3.8, 4) is 0 Å². The monoisotopic (exact) mass is 312 g/mol. The first-order chi connectivity index (χ1) is 9.75. The molecule has 1 aromatic rings. The van der Waals surface area contributed by atoms with Gasteiger partial charge in [0.1, 0.15) is 11.9 Å². The van der Waals surface area contributed by atoms with Crippen LogP contribution in [-0.2, 0) is 10.2 Å². The van der Waals surface area contributed by atoms with E-state index in [-0.39, 0.29) is 16.6 Å². The number of amides is 1. The van der Waals surface area contributed by atoms with Gasteiger partial charge in [0.2, 0.25) is 5.82 Å². The number of thioether (sulfide) groups is 1. The lowest BCUT2D eigenvalue weighted by atomic mass is 9.96. The number of nitrogens with zero attached hydrogens (tertiary/aromatic N) is 3. The van der Waals surface area contributed by atoms with Crippen LogP contribution in [0.3, 0.4) is 0 Å². The van der Waals surface area contributed by atoms with Gasteiger partial charge in [-0.25, -0.2) is 9.78 Å². The first-order valence-electron chi connectivity index (χ1n) is 6.85. The second-order valence-electron chi connectivity index (χ2n) is 6.02.